The largest absolute Gasteiger partial charge is 0.481 e. The second-order valence-electron chi connectivity index (χ2n) is 5.73. The number of aliphatic carboxylic acids is 1. The minimum atomic E-state index is -1.96. The molecule has 0 radical (unpaired) electrons. The van der Waals surface area contributed by atoms with E-state index in [4.69, 9.17) is 5.11 Å². The minimum Gasteiger partial charge on any atom is -0.481 e. The summed E-state index contributed by atoms with van der Waals surface area (Å²) in [7, 11) is 0. The number of hydrogen-bond donors (Lipinski definition) is 5. The van der Waals surface area contributed by atoms with Crippen LogP contribution < -0.4 is 10.6 Å². The highest BCUT2D eigenvalue weighted by Crippen LogP contribution is 2.19. The molecule has 0 aliphatic rings. The van der Waals surface area contributed by atoms with Crippen LogP contribution in [0.5, 0.6) is 0 Å². The second-order valence-corrected chi connectivity index (χ2v) is 5.73. The maximum Gasteiger partial charge on any atom is 0.303 e. The Kier molecular flexibility index (Phi) is 6.65. The van der Waals surface area contributed by atoms with Gasteiger partial charge in [-0.25, -0.2) is 0 Å². The zero-order valence-corrected chi connectivity index (χ0v) is 13.9. The molecule has 5 N–H and O–H groups in total. The molecule has 2 atom stereocenters. The summed E-state index contributed by atoms with van der Waals surface area (Å²) in [5.74, 6) is -2.88. The topological polar surface area (TPSA) is 136 Å². The van der Waals surface area contributed by atoms with Gasteiger partial charge in [-0.05, 0) is 29.3 Å². The van der Waals surface area contributed by atoms with Crippen LogP contribution in [0.2, 0.25) is 0 Å². The van der Waals surface area contributed by atoms with Gasteiger partial charge in [-0.15, -0.1) is 0 Å². The summed E-state index contributed by atoms with van der Waals surface area (Å²) in [4.78, 5) is 34.1. The molecule has 26 heavy (non-hydrogen) atoms. The van der Waals surface area contributed by atoms with Crippen molar-refractivity contribution in [1.82, 2.24) is 5.32 Å². The third-order valence-corrected chi connectivity index (χ3v) is 3.72. The molecule has 0 unspecified atom stereocenters. The molecule has 0 spiro atoms. The average molecular weight is 360 g/mol. The normalized spacial score (nSPS) is 13.0. The summed E-state index contributed by atoms with van der Waals surface area (Å²) < 4.78 is 0. The van der Waals surface area contributed by atoms with Gasteiger partial charge >= 0.3 is 5.97 Å². The van der Waals surface area contributed by atoms with E-state index in [0.29, 0.717) is 5.69 Å². The van der Waals surface area contributed by atoms with Gasteiger partial charge in [0.1, 0.15) is 0 Å². The number of carboxylic acid groups (broad SMARTS) is 1. The van der Waals surface area contributed by atoms with Crippen molar-refractivity contribution >= 4 is 34.2 Å². The van der Waals surface area contributed by atoms with Crippen molar-refractivity contribution in [3.05, 3.63) is 42.5 Å². The van der Waals surface area contributed by atoms with Crippen molar-refractivity contribution in [2.75, 3.05) is 11.9 Å². The lowest BCUT2D eigenvalue weighted by Crippen LogP contribution is -2.47. The first-order chi connectivity index (χ1) is 12.4. The van der Waals surface area contributed by atoms with Crippen molar-refractivity contribution in [3.63, 3.8) is 0 Å². The molecule has 0 aliphatic heterocycles. The Labute approximate surface area is 149 Å². The Morgan fingerprint density at radius 3 is 2.27 bits per heavy atom. The molecule has 8 heteroatoms. The average Bonchev–Trinajstić information content (AvgIpc) is 2.63. The molecule has 8 nitrogen and oxygen atoms in total. The van der Waals surface area contributed by atoms with Crippen LogP contribution in [0.25, 0.3) is 10.8 Å². The number of hydrogen-bond acceptors (Lipinski definition) is 5. The fraction of sp³-hybridized carbons (Fsp3) is 0.278. The van der Waals surface area contributed by atoms with Crippen LogP contribution in [0.1, 0.15) is 12.8 Å². The second kappa shape index (κ2) is 8.93. The fourth-order valence-corrected chi connectivity index (χ4v) is 2.33. The van der Waals surface area contributed by atoms with E-state index in [9.17, 15) is 24.6 Å². The van der Waals surface area contributed by atoms with Gasteiger partial charge in [0.2, 0.25) is 0 Å². The van der Waals surface area contributed by atoms with E-state index in [1.54, 1.807) is 18.2 Å². The first kappa shape index (κ1) is 19.4. The van der Waals surface area contributed by atoms with Gasteiger partial charge in [0, 0.05) is 18.7 Å². The van der Waals surface area contributed by atoms with Crippen molar-refractivity contribution in [1.29, 1.82) is 0 Å². The fourth-order valence-electron chi connectivity index (χ4n) is 2.33. The van der Waals surface area contributed by atoms with Crippen LogP contribution >= 0.6 is 0 Å². The quantitative estimate of drug-likeness (QED) is 0.435. The number of amides is 2. The van der Waals surface area contributed by atoms with Crippen LogP contribution in [0.15, 0.2) is 42.5 Å². The number of nitrogens with one attached hydrogen (secondary N) is 2. The van der Waals surface area contributed by atoms with E-state index in [2.05, 4.69) is 10.6 Å². The molecule has 0 heterocycles. The molecule has 2 amide bonds. The smallest absolute Gasteiger partial charge is 0.303 e. The lowest BCUT2D eigenvalue weighted by Gasteiger charge is -2.17. The van der Waals surface area contributed by atoms with E-state index in [0.717, 1.165) is 10.8 Å². The van der Waals surface area contributed by atoms with E-state index in [1.807, 2.05) is 24.3 Å². The van der Waals surface area contributed by atoms with Crippen molar-refractivity contribution in [2.45, 2.75) is 25.0 Å². The summed E-state index contributed by atoms with van der Waals surface area (Å²) in [5.41, 5.74) is 0.418. The third kappa shape index (κ3) is 5.27. The number of carbonyl (C=O) groups is 3. The highest BCUT2D eigenvalue weighted by atomic mass is 16.4. The van der Waals surface area contributed by atoms with Crippen LogP contribution in [0, 0.1) is 0 Å². The lowest BCUT2D eigenvalue weighted by molar-refractivity contribution is -0.143. The summed E-state index contributed by atoms with van der Waals surface area (Å²) in [6, 6.07) is 12.7. The summed E-state index contributed by atoms with van der Waals surface area (Å²) >= 11 is 0. The van der Waals surface area contributed by atoms with Crippen LogP contribution in [0.3, 0.4) is 0 Å². The van der Waals surface area contributed by atoms with Gasteiger partial charge in [-0.3, -0.25) is 14.4 Å². The minimum absolute atomic E-state index is 0.0151. The molecule has 2 aromatic rings. The van der Waals surface area contributed by atoms with Gasteiger partial charge in [0.05, 0.1) is 0 Å². The Hall–Kier alpha value is -2.97. The number of anilines is 1. The monoisotopic (exact) mass is 360 g/mol. The SMILES string of the molecule is O=C(O)CCCNC(=O)[C@H](O)[C@@H](O)C(=O)Nc1ccc2ccccc2c1. The molecule has 0 bridgehead atoms. The molecule has 0 saturated carbocycles. The van der Waals surface area contributed by atoms with Crippen LogP contribution in [0.4, 0.5) is 5.69 Å². The number of fused-ring (bicyclic) bond motifs is 1. The zero-order chi connectivity index (χ0) is 19.1. The maximum absolute atomic E-state index is 12.0. The molecular weight excluding hydrogens is 340 g/mol. The number of carbonyl (C=O) groups excluding carboxylic acids is 2. The van der Waals surface area contributed by atoms with Crippen LogP contribution in [-0.2, 0) is 14.4 Å². The molecule has 0 fully saturated rings. The van der Waals surface area contributed by atoms with Gasteiger partial charge < -0.3 is 26.0 Å². The van der Waals surface area contributed by atoms with E-state index in [1.165, 1.54) is 0 Å². The third-order valence-electron chi connectivity index (χ3n) is 3.72. The van der Waals surface area contributed by atoms with E-state index >= 15 is 0 Å². The predicted molar refractivity (Wildman–Crippen MR) is 94.5 cm³/mol. The first-order valence-corrected chi connectivity index (χ1v) is 8.04. The van der Waals surface area contributed by atoms with Gasteiger partial charge in [0.25, 0.3) is 11.8 Å². The molecule has 0 aromatic heterocycles. The predicted octanol–water partition coefficient (Wildman–Crippen LogP) is 0.481. The summed E-state index contributed by atoms with van der Waals surface area (Å²) in [5, 5.41) is 34.7. The van der Waals surface area contributed by atoms with Gasteiger partial charge in [0.15, 0.2) is 12.2 Å². The molecule has 0 aliphatic carbocycles. The highest BCUT2D eigenvalue weighted by Gasteiger charge is 2.30. The van der Waals surface area contributed by atoms with Gasteiger partial charge in [-0.2, -0.15) is 0 Å². The van der Waals surface area contributed by atoms with Gasteiger partial charge in [-0.1, -0.05) is 30.3 Å². The van der Waals surface area contributed by atoms with Crippen LogP contribution in [-0.4, -0.2) is 51.9 Å². The standard InChI is InChI=1S/C18H20N2O6/c21-14(22)6-3-9-19-17(25)15(23)16(24)18(26)20-13-8-7-11-4-1-2-5-12(11)10-13/h1-2,4-5,7-8,10,15-16,23-24H,3,6,9H2,(H,19,25)(H,20,26)(H,21,22)/t15-,16-/m1/s1. The number of benzene rings is 2. The Bertz CT molecular complexity index is 807. The Morgan fingerprint density at radius 1 is 0.923 bits per heavy atom. The molecule has 0 saturated heterocycles. The zero-order valence-electron chi connectivity index (χ0n) is 13.9. The van der Waals surface area contributed by atoms with E-state index in [-0.39, 0.29) is 19.4 Å². The van der Waals surface area contributed by atoms with E-state index < -0.39 is 30.0 Å². The van der Waals surface area contributed by atoms with Crippen molar-refractivity contribution in [3.8, 4) is 0 Å². The number of aliphatic hydroxyl groups is 2. The molecule has 2 rings (SSSR count). The Balaban J connectivity index is 1.90. The summed E-state index contributed by atoms with van der Waals surface area (Å²) in [6.07, 6.45) is -3.88. The van der Waals surface area contributed by atoms with Crippen molar-refractivity contribution < 1.29 is 29.7 Å². The molecular formula is C18H20N2O6. The number of rotatable bonds is 8. The lowest BCUT2D eigenvalue weighted by atomic mass is 10.1. The summed E-state index contributed by atoms with van der Waals surface area (Å²) in [6.45, 7) is 0.0151. The van der Waals surface area contributed by atoms with Crippen molar-refractivity contribution in [2.24, 2.45) is 0 Å². The Morgan fingerprint density at radius 2 is 1.58 bits per heavy atom. The maximum atomic E-state index is 12.0. The number of carboxylic acids is 1. The first-order valence-electron chi connectivity index (χ1n) is 8.04. The highest BCUT2D eigenvalue weighted by molar-refractivity contribution is 5.99. The number of aliphatic hydroxyl groups excluding tert-OH is 2. The molecule has 2 aromatic carbocycles. The molecule has 138 valence electrons.